The van der Waals surface area contributed by atoms with Gasteiger partial charge in [-0.1, -0.05) is 66.7 Å². The lowest BCUT2D eigenvalue weighted by molar-refractivity contribution is 0.298. The molecule has 0 fully saturated rings. The lowest BCUT2D eigenvalue weighted by Gasteiger charge is -2.12. The highest BCUT2D eigenvalue weighted by Gasteiger charge is 2.22. The molecular formula is C30H24N4O3. The van der Waals surface area contributed by atoms with Crippen LogP contribution in [0.1, 0.15) is 11.4 Å². The average molecular weight is 489 g/mol. The molecule has 6 aromatic rings. The SMILES string of the molecule is Cc1nc2ccc(-c3c(CCO)[nH]c4c(-c5ccccc5)c(-c5ccccc5)nn4c3=O)cc2cc1O. The summed E-state index contributed by atoms with van der Waals surface area (Å²) in [5.74, 6) is 0.0941. The Balaban J connectivity index is 1.67. The van der Waals surface area contributed by atoms with E-state index in [1.54, 1.807) is 13.0 Å². The largest absolute Gasteiger partial charge is 0.506 e. The standard InChI is InChI=1S/C30H24N4O3/c1-18-25(36)17-22-16-21(12-13-23(22)31-18)26-24(14-15-35)32-29-27(19-8-4-2-5-9-19)28(33-34(29)30(26)37)20-10-6-3-7-11-20/h2-13,16-17,32,35-36H,14-15H2,1H3. The Hall–Kier alpha value is -4.75. The number of nitrogens with one attached hydrogen (secondary N) is 1. The molecule has 182 valence electrons. The van der Waals surface area contributed by atoms with E-state index in [9.17, 15) is 15.0 Å². The zero-order valence-corrected chi connectivity index (χ0v) is 20.1. The van der Waals surface area contributed by atoms with Crippen molar-refractivity contribution in [3.63, 3.8) is 0 Å². The molecule has 0 spiro atoms. The Labute approximate surface area is 212 Å². The normalized spacial score (nSPS) is 11.4. The molecule has 0 aliphatic heterocycles. The first kappa shape index (κ1) is 22.7. The van der Waals surface area contributed by atoms with Gasteiger partial charge >= 0.3 is 0 Å². The van der Waals surface area contributed by atoms with Gasteiger partial charge in [-0.3, -0.25) is 4.79 Å². The van der Waals surface area contributed by atoms with Crippen molar-refractivity contribution >= 4 is 16.6 Å². The number of fused-ring (bicyclic) bond motifs is 2. The summed E-state index contributed by atoms with van der Waals surface area (Å²) in [4.78, 5) is 21.9. The Bertz CT molecular complexity index is 1820. The highest BCUT2D eigenvalue weighted by atomic mass is 16.3. The average Bonchev–Trinajstić information content (AvgIpc) is 3.30. The highest BCUT2D eigenvalue weighted by Crippen LogP contribution is 2.35. The van der Waals surface area contributed by atoms with Crippen molar-refractivity contribution in [1.82, 2.24) is 19.6 Å². The number of benzene rings is 3. The molecule has 0 saturated carbocycles. The quantitative estimate of drug-likeness (QED) is 0.313. The van der Waals surface area contributed by atoms with E-state index in [1.165, 1.54) is 4.52 Å². The van der Waals surface area contributed by atoms with Gasteiger partial charge in [0.25, 0.3) is 5.56 Å². The number of aliphatic hydroxyl groups is 1. The number of rotatable bonds is 5. The van der Waals surface area contributed by atoms with E-state index in [1.807, 2.05) is 78.9 Å². The molecule has 0 atom stereocenters. The molecule has 3 N–H and O–H groups in total. The van der Waals surface area contributed by atoms with Crippen LogP contribution >= 0.6 is 0 Å². The summed E-state index contributed by atoms with van der Waals surface area (Å²) >= 11 is 0. The third-order valence-corrected chi connectivity index (χ3v) is 6.60. The maximum atomic E-state index is 14.0. The number of H-pyrrole nitrogens is 1. The van der Waals surface area contributed by atoms with Crippen LogP contribution in [0, 0.1) is 6.92 Å². The molecule has 3 heterocycles. The minimum atomic E-state index is -0.291. The molecule has 37 heavy (non-hydrogen) atoms. The topological polar surface area (TPSA) is 104 Å². The summed E-state index contributed by atoms with van der Waals surface area (Å²) in [5.41, 5.74) is 6.55. The third-order valence-electron chi connectivity index (χ3n) is 6.60. The van der Waals surface area contributed by atoms with Crippen molar-refractivity contribution in [3.05, 3.63) is 107 Å². The Morgan fingerprint density at radius 3 is 2.27 bits per heavy atom. The van der Waals surface area contributed by atoms with Crippen LogP contribution in [0.3, 0.4) is 0 Å². The Kier molecular flexibility index (Phi) is 5.54. The summed E-state index contributed by atoms with van der Waals surface area (Å²) < 4.78 is 1.41. The molecule has 0 aliphatic carbocycles. The minimum absolute atomic E-state index is 0.0941. The highest BCUT2D eigenvalue weighted by molar-refractivity contribution is 5.91. The number of aromatic hydroxyl groups is 1. The van der Waals surface area contributed by atoms with Gasteiger partial charge in [-0.15, -0.1) is 0 Å². The van der Waals surface area contributed by atoms with Crippen LogP contribution < -0.4 is 5.56 Å². The molecule has 0 saturated heterocycles. The van der Waals surface area contributed by atoms with Gasteiger partial charge in [0, 0.05) is 29.7 Å². The lowest BCUT2D eigenvalue weighted by Crippen LogP contribution is -2.21. The molecule has 3 aromatic carbocycles. The Morgan fingerprint density at radius 1 is 0.865 bits per heavy atom. The van der Waals surface area contributed by atoms with Crippen LogP contribution in [0.15, 0.2) is 89.7 Å². The molecule has 7 heteroatoms. The number of nitrogens with zero attached hydrogens (tertiary/aromatic N) is 3. The molecular weight excluding hydrogens is 464 g/mol. The van der Waals surface area contributed by atoms with E-state index >= 15 is 0 Å². The van der Waals surface area contributed by atoms with Gasteiger partial charge in [0.2, 0.25) is 0 Å². The van der Waals surface area contributed by atoms with Crippen molar-refractivity contribution in [2.75, 3.05) is 6.61 Å². The number of aromatic nitrogens is 4. The first-order valence-electron chi connectivity index (χ1n) is 12.1. The van der Waals surface area contributed by atoms with Gasteiger partial charge in [0.15, 0.2) is 0 Å². The molecule has 0 radical (unpaired) electrons. The second kappa shape index (κ2) is 9.04. The van der Waals surface area contributed by atoms with Gasteiger partial charge in [0.1, 0.15) is 17.1 Å². The van der Waals surface area contributed by atoms with Crippen LogP contribution in [0.25, 0.3) is 50.1 Å². The van der Waals surface area contributed by atoms with Gasteiger partial charge in [-0.2, -0.15) is 9.61 Å². The third kappa shape index (κ3) is 3.86. The maximum Gasteiger partial charge on any atom is 0.282 e. The van der Waals surface area contributed by atoms with Crippen LogP contribution in [0.5, 0.6) is 5.75 Å². The molecule has 0 bridgehead atoms. The van der Waals surface area contributed by atoms with Crippen LogP contribution in [0.2, 0.25) is 0 Å². The number of hydrogen-bond acceptors (Lipinski definition) is 5. The van der Waals surface area contributed by atoms with Gasteiger partial charge < -0.3 is 15.2 Å². The van der Waals surface area contributed by atoms with Crippen molar-refractivity contribution in [2.24, 2.45) is 0 Å². The number of aliphatic hydroxyl groups excluding tert-OH is 1. The van der Waals surface area contributed by atoms with Gasteiger partial charge in [0.05, 0.1) is 22.3 Å². The smallest absolute Gasteiger partial charge is 0.282 e. The zero-order valence-electron chi connectivity index (χ0n) is 20.1. The minimum Gasteiger partial charge on any atom is -0.506 e. The van der Waals surface area contributed by atoms with Crippen molar-refractivity contribution in [3.8, 4) is 39.3 Å². The van der Waals surface area contributed by atoms with E-state index in [-0.39, 0.29) is 24.3 Å². The maximum absolute atomic E-state index is 14.0. The summed E-state index contributed by atoms with van der Waals surface area (Å²) in [6.45, 7) is 1.61. The molecule has 7 nitrogen and oxygen atoms in total. The fourth-order valence-electron chi connectivity index (χ4n) is 4.81. The van der Waals surface area contributed by atoms with E-state index in [2.05, 4.69) is 9.97 Å². The molecule has 3 aromatic heterocycles. The summed E-state index contributed by atoms with van der Waals surface area (Å²) in [6.07, 6.45) is 0.261. The first-order valence-corrected chi connectivity index (χ1v) is 12.1. The van der Waals surface area contributed by atoms with Gasteiger partial charge in [-0.25, -0.2) is 4.98 Å². The number of aryl methyl sites for hydroxylation is 1. The fourth-order valence-corrected chi connectivity index (χ4v) is 4.81. The van der Waals surface area contributed by atoms with Crippen molar-refractivity contribution < 1.29 is 10.2 Å². The van der Waals surface area contributed by atoms with E-state index in [4.69, 9.17) is 5.10 Å². The van der Waals surface area contributed by atoms with Crippen LogP contribution in [-0.4, -0.2) is 36.4 Å². The van der Waals surface area contributed by atoms with Gasteiger partial charge in [-0.05, 0) is 36.2 Å². The monoisotopic (exact) mass is 488 g/mol. The second-order valence-corrected chi connectivity index (χ2v) is 8.97. The number of aromatic amines is 1. The number of hydrogen-bond donors (Lipinski definition) is 3. The van der Waals surface area contributed by atoms with Crippen LogP contribution in [0.4, 0.5) is 0 Å². The molecule has 0 aliphatic rings. The fraction of sp³-hybridized carbons (Fsp3) is 0.100. The van der Waals surface area contributed by atoms with Crippen molar-refractivity contribution in [2.45, 2.75) is 13.3 Å². The first-order chi connectivity index (χ1) is 18.0. The predicted octanol–water partition coefficient (Wildman–Crippen LogP) is 5.12. The van der Waals surface area contributed by atoms with Crippen LogP contribution in [-0.2, 0) is 6.42 Å². The summed E-state index contributed by atoms with van der Waals surface area (Å²) in [7, 11) is 0. The summed E-state index contributed by atoms with van der Waals surface area (Å²) in [6, 6.07) is 26.8. The molecule has 6 rings (SSSR count). The molecule has 0 unspecified atom stereocenters. The lowest BCUT2D eigenvalue weighted by atomic mass is 9.99. The van der Waals surface area contributed by atoms with E-state index in [0.717, 1.165) is 22.2 Å². The predicted molar refractivity (Wildman–Crippen MR) is 145 cm³/mol. The van der Waals surface area contributed by atoms with E-state index < -0.39 is 0 Å². The summed E-state index contributed by atoms with van der Waals surface area (Å²) in [5, 5.41) is 25.6. The zero-order chi connectivity index (χ0) is 25.5. The Morgan fingerprint density at radius 2 is 1.57 bits per heavy atom. The second-order valence-electron chi connectivity index (χ2n) is 8.97. The molecule has 0 amide bonds. The van der Waals surface area contributed by atoms with Crippen molar-refractivity contribution in [1.29, 1.82) is 0 Å². The number of pyridine rings is 1. The van der Waals surface area contributed by atoms with E-state index in [0.29, 0.717) is 39.2 Å².